The number of carbonyl (C=O) groups is 3. The number of nitrogens with one attached hydrogen (secondary N) is 1. The van der Waals surface area contributed by atoms with E-state index in [4.69, 9.17) is 16.3 Å². The van der Waals surface area contributed by atoms with Gasteiger partial charge in [-0.15, -0.1) is 0 Å². The zero-order valence-corrected chi connectivity index (χ0v) is 17.1. The fourth-order valence-corrected chi connectivity index (χ4v) is 3.56. The summed E-state index contributed by atoms with van der Waals surface area (Å²) in [4.78, 5) is 50.4. The number of hydrogen-bond donors (Lipinski definition) is 1. The Labute approximate surface area is 182 Å². The Morgan fingerprint density at radius 2 is 1.90 bits per heavy atom. The van der Waals surface area contributed by atoms with E-state index in [-0.39, 0.29) is 19.0 Å². The van der Waals surface area contributed by atoms with E-state index in [1.165, 1.54) is 17.0 Å². The lowest BCUT2D eigenvalue weighted by molar-refractivity contribution is -0.120. The molecule has 0 radical (unpaired) electrons. The van der Waals surface area contributed by atoms with Gasteiger partial charge in [0, 0.05) is 16.7 Å². The quantitative estimate of drug-likeness (QED) is 0.658. The van der Waals surface area contributed by atoms with Gasteiger partial charge in [-0.2, -0.15) is 0 Å². The Morgan fingerprint density at radius 1 is 1.06 bits per heavy atom. The zero-order chi connectivity index (χ0) is 22.0. The highest BCUT2D eigenvalue weighted by atomic mass is 35.5. The average Bonchev–Trinajstić information content (AvgIpc) is 3.16. The van der Waals surface area contributed by atoms with Crippen molar-refractivity contribution >= 4 is 40.4 Å². The van der Waals surface area contributed by atoms with Gasteiger partial charge in [0.2, 0.25) is 5.91 Å². The number of carbonyl (C=O) groups excluding carboxylic acids is 3. The van der Waals surface area contributed by atoms with E-state index in [9.17, 15) is 19.2 Å². The Bertz CT molecular complexity index is 1250. The maximum absolute atomic E-state index is 12.9. The molecule has 0 bridgehead atoms. The molecule has 1 fully saturated rings. The highest BCUT2D eigenvalue weighted by Crippen LogP contribution is 2.18. The van der Waals surface area contributed by atoms with Crippen LogP contribution in [0.1, 0.15) is 15.9 Å². The highest BCUT2D eigenvalue weighted by molar-refractivity contribution is 6.31. The van der Waals surface area contributed by atoms with Crippen molar-refractivity contribution in [2.24, 2.45) is 0 Å². The Morgan fingerprint density at radius 3 is 2.65 bits per heavy atom. The second kappa shape index (κ2) is 8.61. The maximum Gasteiger partial charge on any atom is 0.411 e. The SMILES string of the molecule is O=C(Cc1ccc2c(ccc(=O)n2C(=O)c2cccc(Cl)c2)c1)NCN1CCOC1=O. The first-order chi connectivity index (χ1) is 14.9. The van der Waals surface area contributed by atoms with Crippen molar-refractivity contribution in [3.8, 4) is 0 Å². The molecule has 1 N–H and O–H groups in total. The fraction of sp³-hybridized carbons (Fsp3) is 0.182. The molecule has 1 aliphatic rings. The molecule has 0 spiro atoms. The zero-order valence-electron chi connectivity index (χ0n) is 16.3. The van der Waals surface area contributed by atoms with Crippen LogP contribution < -0.4 is 10.9 Å². The van der Waals surface area contributed by atoms with Gasteiger partial charge in [-0.25, -0.2) is 9.36 Å². The molecular weight excluding hydrogens is 422 g/mol. The Balaban J connectivity index is 1.55. The van der Waals surface area contributed by atoms with Gasteiger partial charge in [0.05, 0.1) is 25.2 Å². The lowest BCUT2D eigenvalue weighted by Crippen LogP contribution is -2.38. The smallest absolute Gasteiger partial charge is 0.411 e. The van der Waals surface area contributed by atoms with Crippen molar-refractivity contribution in [2.45, 2.75) is 6.42 Å². The minimum Gasteiger partial charge on any atom is -0.447 e. The summed E-state index contributed by atoms with van der Waals surface area (Å²) < 4.78 is 5.90. The molecular formula is C22H18ClN3O5. The Kier molecular flexibility index (Phi) is 5.73. The van der Waals surface area contributed by atoms with Crippen LogP contribution in [0.2, 0.25) is 5.02 Å². The summed E-state index contributed by atoms with van der Waals surface area (Å²) in [6, 6.07) is 14.4. The summed E-state index contributed by atoms with van der Waals surface area (Å²) in [6.07, 6.45) is -0.367. The lowest BCUT2D eigenvalue weighted by Gasteiger charge is -2.14. The lowest BCUT2D eigenvalue weighted by atomic mass is 10.1. The molecule has 1 aromatic heterocycles. The highest BCUT2D eigenvalue weighted by Gasteiger charge is 2.22. The number of nitrogens with zero attached hydrogens (tertiary/aromatic N) is 2. The second-order valence-corrected chi connectivity index (χ2v) is 7.46. The van der Waals surface area contributed by atoms with Crippen LogP contribution >= 0.6 is 11.6 Å². The molecule has 8 nitrogen and oxygen atoms in total. The number of fused-ring (bicyclic) bond motifs is 1. The van der Waals surface area contributed by atoms with Crippen molar-refractivity contribution in [3.05, 3.63) is 81.1 Å². The van der Waals surface area contributed by atoms with Crippen LogP contribution in [-0.4, -0.2) is 47.2 Å². The molecule has 1 aliphatic heterocycles. The number of aromatic nitrogens is 1. The molecule has 0 unspecified atom stereocenters. The van der Waals surface area contributed by atoms with E-state index >= 15 is 0 Å². The number of rotatable bonds is 5. The number of benzene rings is 2. The van der Waals surface area contributed by atoms with Crippen LogP contribution in [0.4, 0.5) is 4.79 Å². The normalized spacial score (nSPS) is 13.3. The van der Waals surface area contributed by atoms with Gasteiger partial charge in [0.1, 0.15) is 6.61 Å². The van der Waals surface area contributed by atoms with Crippen LogP contribution in [0.25, 0.3) is 10.9 Å². The van der Waals surface area contributed by atoms with Gasteiger partial charge in [0.25, 0.3) is 11.5 Å². The summed E-state index contributed by atoms with van der Waals surface area (Å²) in [5, 5.41) is 3.72. The number of ether oxygens (including phenoxy) is 1. The molecule has 3 aromatic rings. The number of halogens is 1. The predicted molar refractivity (Wildman–Crippen MR) is 114 cm³/mol. The first-order valence-corrected chi connectivity index (χ1v) is 9.93. The van der Waals surface area contributed by atoms with Gasteiger partial charge in [-0.1, -0.05) is 23.7 Å². The fourth-order valence-electron chi connectivity index (χ4n) is 3.37. The van der Waals surface area contributed by atoms with E-state index in [0.717, 1.165) is 4.57 Å². The largest absolute Gasteiger partial charge is 0.447 e. The van der Waals surface area contributed by atoms with Crippen molar-refractivity contribution in [1.82, 2.24) is 14.8 Å². The van der Waals surface area contributed by atoms with E-state index in [1.54, 1.807) is 42.5 Å². The van der Waals surface area contributed by atoms with Gasteiger partial charge in [0.15, 0.2) is 0 Å². The molecule has 2 amide bonds. The van der Waals surface area contributed by atoms with Crippen molar-refractivity contribution in [1.29, 1.82) is 0 Å². The molecule has 0 saturated carbocycles. The van der Waals surface area contributed by atoms with Crippen LogP contribution in [-0.2, 0) is 16.0 Å². The van der Waals surface area contributed by atoms with Gasteiger partial charge in [-0.05, 0) is 47.3 Å². The third kappa shape index (κ3) is 4.44. The second-order valence-electron chi connectivity index (χ2n) is 7.03. The molecule has 9 heteroatoms. The van der Waals surface area contributed by atoms with Gasteiger partial charge in [-0.3, -0.25) is 19.3 Å². The van der Waals surface area contributed by atoms with E-state index in [1.807, 2.05) is 0 Å². The van der Waals surface area contributed by atoms with Gasteiger partial charge >= 0.3 is 6.09 Å². The Hall–Kier alpha value is -3.65. The van der Waals surface area contributed by atoms with Crippen LogP contribution in [0.3, 0.4) is 0 Å². The molecule has 158 valence electrons. The van der Waals surface area contributed by atoms with Crippen LogP contribution in [0.5, 0.6) is 0 Å². The summed E-state index contributed by atoms with van der Waals surface area (Å²) in [5.41, 5.74) is 0.974. The minimum absolute atomic E-state index is 0.0823. The van der Waals surface area contributed by atoms with Gasteiger partial charge < -0.3 is 10.1 Å². The number of amides is 2. The monoisotopic (exact) mass is 439 g/mol. The summed E-state index contributed by atoms with van der Waals surface area (Å²) >= 11 is 5.97. The topological polar surface area (TPSA) is 97.7 Å². The molecule has 4 rings (SSSR count). The van der Waals surface area contributed by atoms with Crippen molar-refractivity contribution < 1.29 is 19.1 Å². The number of hydrogen-bond acceptors (Lipinski definition) is 5. The molecule has 31 heavy (non-hydrogen) atoms. The van der Waals surface area contributed by atoms with E-state index in [0.29, 0.717) is 40.2 Å². The predicted octanol–water partition coefficient (Wildman–Crippen LogP) is 2.41. The van der Waals surface area contributed by atoms with Crippen LogP contribution in [0.15, 0.2) is 59.4 Å². The molecule has 2 heterocycles. The summed E-state index contributed by atoms with van der Waals surface area (Å²) in [6.45, 7) is 0.835. The van der Waals surface area contributed by atoms with Crippen molar-refractivity contribution in [3.63, 3.8) is 0 Å². The molecule has 0 atom stereocenters. The first-order valence-electron chi connectivity index (χ1n) is 9.56. The van der Waals surface area contributed by atoms with Crippen molar-refractivity contribution in [2.75, 3.05) is 19.8 Å². The molecule has 2 aromatic carbocycles. The summed E-state index contributed by atoms with van der Waals surface area (Å²) in [7, 11) is 0. The number of cyclic esters (lactones) is 1. The molecule has 0 aliphatic carbocycles. The third-order valence-electron chi connectivity index (χ3n) is 4.91. The average molecular weight is 440 g/mol. The summed E-state index contributed by atoms with van der Waals surface area (Å²) in [5.74, 6) is -0.747. The standard InChI is InChI=1S/C22H18ClN3O5/c23-17-3-1-2-16(12-17)21(29)26-18-6-4-14(10-15(18)5-7-20(26)28)11-19(27)24-13-25-8-9-31-22(25)30/h1-7,10,12H,8-9,11,13H2,(H,24,27). The molecule has 1 saturated heterocycles. The maximum atomic E-state index is 12.9. The van der Waals surface area contributed by atoms with E-state index in [2.05, 4.69) is 5.32 Å². The number of pyridine rings is 1. The minimum atomic E-state index is -0.485. The first kappa shape index (κ1) is 20.6. The van der Waals surface area contributed by atoms with Crippen LogP contribution in [0, 0.1) is 0 Å². The third-order valence-corrected chi connectivity index (χ3v) is 5.15. The van der Waals surface area contributed by atoms with E-state index < -0.39 is 17.6 Å².